The third kappa shape index (κ3) is 3.63. The van der Waals surface area contributed by atoms with Gasteiger partial charge in [0, 0.05) is 21.5 Å². The van der Waals surface area contributed by atoms with Crippen LogP contribution in [0.5, 0.6) is 0 Å². The minimum absolute atomic E-state index is 0.0508. The van der Waals surface area contributed by atoms with Gasteiger partial charge in [-0.15, -0.1) is 0 Å². The summed E-state index contributed by atoms with van der Waals surface area (Å²) in [5.74, 6) is -0.197. The minimum Gasteiger partial charge on any atom is -0.315 e. The molecule has 4 rings (SSSR count). The molecule has 0 aliphatic carbocycles. The number of nitrogens with zero attached hydrogens (tertiary/aromatic N) is 2. The topological polar surface area (TPSA) is 66.8 Å². The number of rotatable bonds is 2. The number of sulfone groups is 1. The zero-order valence-electron chi connectivity index (χ0n) is 14.5. The maximum Gasteiger partial charge on any atom is 0.279 e. The molecule has 2 aromatic carbocycles. The van der Waals surface area contributed by atoms with E-state index in [1.54, 1.807) is 36.4 Å². The number of fused-ring (bicyclic) bond motifs is 1. The summed E-state index contributed by atoms with van der Waals surface area (Å²) in [7, 11) is -3.11. The number of carbonyl (C=O) groups is 1. The van der Waals surface area contributed by atoms with Crippen LogP contribution in [0.25, 0.3) is 0 Å². The van der Waals surface area contributed by atoms with Crippen molar-refractivity contribution in [3.8, 4) is 0 Å². The van der Waals surface area contributed by atoms with Crippen LogP contribution >= 0.6 is 23.4 Å². The van der Waals surface area contributed by atoms with Crippen LogP contribution < -0.4 is 4.90 Å². The normalized spacial score (nSPS) is 25.0. The molecule has 0 aromatic heterocycles. The van der Waals surface area contributed by atoms with Crippen molar-refractivity contribution >= 4 is 50.0 Å². The highest BCUT2D eigenvalue weighted by Gasteiger charge is 2.49. The molecule has 0 radical (unpaired) electrons. The molecule has 2 aliphatic rings. The number of aryl methyl sites for hydroxylation is 1. The van der Waals surface area contributed by atoms with Crippen LogP contribution in [0.1, 0.15) is 15.9 Å². The van der Waals surface area contributed by atoms with Gasteiger partial charge in [0.05, 0.1) is 17.5 Å². The molecule has 0 N–H and O–H groups in total. The fraction of sp³-hybridized carbons (Fsp3) is 0.263. The van der Waals surface area contributed by atoms with Gasteiger partial charge in [0.25, 0.3) is 5.91 Å². The first kappa shape index (κ1) is 18.5. The molecule has 2 aliphatic heterocycles. The first-order valence-corrected chi connectivity index (χ1v) is 11.5. The van der Waals surface area contributed by atoms with Crippen LogP contribution in [0.15, 0.2) is 53.5 Å². The summed E-state index contributed by atoms with van der Waals surface area (Å²) in [4.78, 5) is 18.8. The monoisotopic (exact) mass is 420 g/mol. The average Bonchev–Trinajstić information content (AvgIpc) is 3.09. The minimum atomic E-state index is -3.11. The van der Waals surface area contributed by atoms with Crippen molar-refractivity contribution in [1.82, 2.24) is 0 Å². The summed E-state index contributed by atoms with van der Waals surface area (Å²) in [5, 5.41) is 0.938. The molecular formula is C19H17ClN2O3S2. The van der Waals surface area contributed by atoms with Gasteiger partial charge in [-0.25, -0.2) is 8.42 Å². The van der Waals surface area contributed by atoms with Crippen molar-refractivity contribution in [3.05, 3.63) is 64.7 Å². The van der Waals surface area contributed by atoms with E-state index in [9.17, 15) is 13.2 Å². The lowest BCUT2D eigenvalue weighted by molar-refractivity contribution is 0.100. The number of thioether (sulfide) groups is 1. The van der Waals surface area contributed by atoms with Gasteiger partial charge in [0.15, 0.2) is 15.0 Å². The number of hydrogen-bond donors (Lipinski definition) is 0. The number of carbonyl (C=O) groups excluding carboxylic acids is 1. The summed E-state index contributed by atoms with van der Waals surface area (Å²) in [6, 6.07) is 14.1. The van der Waals surface area contributed by atoms with E-state index in [1.807, 2.05) is 24.0 Å². The van der Waals surface area contributed by atoms with E-state index in [4.69, 9.17) is 11.6 Å². The molecule has 2 atom stereocenters. The molecular weight excluding hydrogens is 404 g/mol. The fourth-order valence-electron chi connectivity index (χ4n) is 3.42. The number of aliphatic imine (C=N–C) groups is 1. The second-order valence-corrected chi connectivity index (χ2v) is 10.5. The van der Waals surface area contributed by atoms with Crippen LogP contribution in [0.2, 0.25) is 5.02 Å². The molecule has 2 fully saturated rings. The molecule has 140 valence electrons. The molecule has 0 unspecified atom stereocenters. The quantitative estimate of drug-likeness (QED) is 0.743. The van der Waals surface area contributed by atoms with Gasteiger partial charge in [0.2, 0.25) is 0 Å². The van der Waals surface area contributed by atoms with Crippen LogP contribution in [-0.2, 0) is 9.84 Å². The summed E-state index contributed by atoms with van der Waals surface area (Å²) < 4.78 is 24.3. The van der Waals surface area contributed by atoms with Crippen LogP contribution in [0.3, 0.4) is 0 Å². The molecule has 27 heavy (non-hydrogen) atoms. The van der Waals surface area contributed by atoms with E-state index >= 15 is 0 Å². The number of anilines is 1. The van der Waals surface area contributed by atoms with E-state index in [-0.39, 0.29) is 28.7 Å². The summed E-state index contributed by atoms with van der Waals surface area (Å²) in [5.41, 5.74) is 2.24. The second-order valence-electron chi connectivity index (χ2n) is 6.67. The van der Waals surface area contributed by atoms with E-state index in [2.05, 4.69) is 4.99 Å². The number of benzene rings is 2. The zero-order chi connectivity index (χ0) is 19.2. The number of amidine groups is 1. The number of amides is 1. The lowest BCUT2D eigenvalue weighted by Crippen LogP contribution is -2.38. The van der Waals surface area contributed by atoms with Gasteiger partial charge in [-0.2, -0.15) is 4.99 Å². The van der Waals surface area contributed by atoms with Crippen molar-refractivity contribution in [2.24, 2.45) is 4.99 Å². The smallest absolute Gasteiger partial charge is 0.279 e. The summed E-state index contributed by atoms with van der Waals surface area (Å²) in [6.07, 6.45) is 0. The summed E-state index contributed by atoms with van der Waals surface area (Å²) in [6.45, 7) is 1.93. The Morgan fingerprint density at radius 1 is 1.19 bits per heavy atom. The second kappa shape index (κ2) is 6.96. The van der Waals surface area contributed by atoms with Crippen LogP contribution in [0, 0.1) is 6.92 Å². The van der Waals surface area contributed by atoms with Gasteiger partial charge in [-0.3, -0.25) is 4.79 Å². The molecule has 8 heteroatoms. The molecule has 1 amide bonds. The third-order valence-corrected chi connectivity index (χ3v) is 8.16. The van der Waals surface area contributed by atoms with E-state index < -0.39 is 9.84 Å². The molecule has 2 heterocycles. The van der Waals surface area contributed by atoms with Crippen LogP contribution in [0.4, 0.5) is 5.69 Å². The summed E-state index contributed by atoms with van der Waals surface area (Å²) >= 11 is 7.54. The molecule has 0 saturated carbocycles. The SMILES string of the molecule is Cc1ccc(Cl)cc1N1C(=NC(=O)c2ccccc2)S[C@H]2CS(=O)(=O)C[C@H]21. The maximum absolute atomic E-state index is 12.6. The number of hydrogen-bond acceptors (Lipinski definition) is 4. The van der Waals surface area contributed by atoms with Crippen molar-refractivity contribution < 1.29 is 13.2 Å². The average molecular weight is 421 g/mol. The highest BCUT2D eigenvalue weighted by molar-refractivity contribution is 8.16. The Kier molecular flexibility index (Phi) is 4.78. The Morgan fingerprint density at radius 3 is 2.67 bits per heavy atom. The number of halogens is 1. The maximum atomic E-state index is 12.6. The molecule has 5 nitrogen and oxygen atoms in total. The Morgan fingerprint density at radius 2 is 1.93 bits per heavy atom. The lowest BCUT2D eigenvalue weighted by atomic mass is 10.1. The first-order valence-electron chi connectivity index (χ1n) is 8.44. The molecule has 2 aromatic rings. The van der Waals surface area contributed by atoms with E-state index in [0.29, 0.717) is 15.8 Å². The van der Waals surface area contributed by atoms with Crippen molar-refractivity contribution in [2.75, 3.05) is 16.4 Å². The third-order valence-electron chi connectivity index (χ3n) is 4.72. The first-order chi connectivity index (χ1) is 12.8. The standard InChI is InChI=1S/C19H17ClN2O3S2/c1-12-7-8-14(20)9-15(12)22-16-10-27(24,25)11-17(16)26-19(22)21-18(23)13-5-3-2-4-6-13/h2-9,16-17H,10-11H2,1H3/t16-,17+/m1/s1. The Hall–Kier alpha value is -1.83. The van der Waals surface area contributed by atoms with Gasteiger partial charge >= 0.3 is 0 Å². The van der Waals surface area contributed by atoms with Crippen molar-refractivity contribution in [1.29, 1.82) is 0 Å². The molecule has 0 bridgehead atoms. The van der Waals surface area contributed by atoms with E-state index in [0.717, 1.165) is 11.3 Å². The largest absolute Gasteiger partial charge is 0.315 e. The van der Waals surface area contributed by atoms with E-state index in [1.165, 1.54) is 11.8 Å². The predicted octanol–water partition coefficient (Wildman–Crippen LogP) is 3.56. The molecule has 0 spiro atoms. The predicted molar refractivity (Wildman–Crippen MR) is 111 cm³/mol. The highest BCUT2D eigenvalue weighted by Crippen LogP contribution is 2.42. The highest BCUT2D eigenvalue weighted by atomic mass is 35.5. The van der Waals surface area contributed by atoms with Crippen molar-refractivity contribution in [2.45, 2.75) is 18.2 Å². The lowest BCUT2D eigenvalue weighted by Gasteiger charge is -2.26. The van der Waals surface area contributed by atoms with Gasteiger partial charge < -0.3 is 4.90 Å². The Balaban J connectivity index is 1.78. The Bertz CT molecular complexity index is 1040. The fourth-order valence-corrected chi connectivity index (χ4v) is 7.49. The van der Waals surface area contributed by atoms with Gasteiger partial charge in [-0.1, -0.05) is 47.6 Å². The molecule has 2 saturated heterocycles. The van der Waals surface area contributed by atoms with Gasteiger partial charge in [-0.05, 0) is 36.8 Å². The van der Waals surface area contributed by atoms with Crippen molar-refractivity contribution in [3.63, 3.8) is 0 Å². The van der Waals surface area contributed by atoms with Gasteiger partial charge in [0.1, 0.15) is 0 Å². The zero-order valence-corrected chi connectivity index (χ0v) is 16.9. The van der Waals surface area contributed by atoms with Crippen LogP contribution in [-0.4, -0.2) is 42.3 Å². The Labute approximate surface area is 167 Å².